The number of nitrogens with one attached hydrogen (secondary N) is 1. The lowest BCUT2D eigenvalue weighted by atomic mass is 9.72. The third-order valence-electron chi connectivity index (χ3n) is 7.85. The van der Waals surface area contributed by atoms with E-state index in [-0.39, 0.29) is 17.1 Å². The second kappa shape index (κ2) is 8.47. The molecule has 11 heteroatoms. The quantitative estimate of drug-likeness (QED) is 0.546. The lowest BCUT2D eigenvalue weighted by Gasteiger charge is -2.44. The van der Waals surface area contributed by atoms with Crippen molar-refractivity contribution in [1.29, 1.82) is 0 Å². The first-order valence-electron chi connectivity index (χ1n) is 12.4. The maximum Gasteiger partial charge on any atom is 0.419 e. The first-order chi connectivity index (χ1) is 17.7. The number of carbonyl (C=O) groups excluding carboxylic acids is 1. The molecule has 1 spiro atoms. The second-order valence-electron chi connectivity index (χ2n) is 10.0. The number of carbonyl (C=O) groups is 1. The van der Waals surface area contributed by atoms with Gasteiger partial charge in [0.25, 0.3) is 0 Å². The van der Waals surface area contributed by atoms with Crippen molar-refractivity contribution in [3.8, 4) is 11.3 Å². The van der Waals surface area contributed by atoms with Gasteiger partial charge in [-0.3, -0.25) is 4.68 Å². The van der Waals surface area contributed by atoms with E-state index in [9.17, 15) is 18.0 Å². The fourth-order valence-corrected chi connectivity index (χ4v) is 5.68. The number of alkyl halides is 3. The Labute approximate surface area is 211 Å². The number of nitrogen functional groups attached to an aromatic ring is 1. The zero-order valence-corrected chi connectivity index (χ0v) is 20.1. The monoisotopic (exact) mass is 512 g/mol. The maximum absolute atomic E-state index is 13.4. The van der Waals surface area contributed by atoms with Crippen molar-refractivity contribution in [2.24, 2.45) is 0 Å². The van der Waals surface area contributed by atoms with Crippen LogP contribution in [0.3, 0.4) is 0 Å². The Balaban J connectivity index is 1.24. The largest absolute Gasteiger partial charge is 0.419 e. The smallest absolute Gasteiger partial charge is 0.383 e. The number of urea groups is 1. The molecule has 6 rings (SSSR count). The molecule has 1 saturated carbocycles. The molecule has 2 aliphatic heterocycles. The number of hydrogen-bond donors (Lipinski definition) is 2. The first-order valence-corrected chi connectivity index (χ1v) is 12.4. The molecule has 0 radical (unpaired) electrons. The minimum Gasteiger partial charge on any atom is -0.383 e. The highest BCUT2D eigenvalue weighted by molar-refractivity contribution is 5.76. The van der Waals surface area contributed by atoms with Gasteiger partial charge in [0.15, 0.2) is 0 Å². The number of hydrogen-bond acceptors (Lipinski definition) is 5. The van der Waals surface area contributed by atoms with Crippen molar-refractivity contribution < 1.29 is 22.7 Å². The number of nitrogens with two attached hydrogens (primary N) is 1. The van der Waals surface area contributed by atoms with Crippen LogP contribution in [0.4, 0.5) is 23.8 Å². The van der Waals surface area contributed by atoms with Crippen LogP contribution in [0.1, 0.15) is 42.5 Å². The third kappa shape index (κ3) is 4.01. The SMILES string of the molecule is Nc1ncc(-c2cc3n(n2)CCOC32CCN(C(=O)NC3(c4ccccc4)CCC3)C2)cc1C(F)(F)F. The number of ether oxygens (including phenoxy) is 1. The molecular formula is C26H27F3N6O2. The minimum absolute atomic E-state index is 0.140. The molecular weight excluding hydrogens is 485 g/mol. The number of anilines is 1. The van der Waals surface area contributed by atoms with Crippen LogP contribution in [0, 0.1) is 0 Å². The van der Waals surface area contributed by atoms with E-state index >= 15 is 0 Å². The summed E-state index contributed by atoms with van der Waals surface area (Å²) in [6, 6.07) is 12.6. The highest BCUT2D eigenvalue weighted by atomic mass is 19.4. The van der Waals surface area contributed by atoms with E-state index in [1.165, 1.54) is 6.20 Å². The molecule has 3 aromatic rings. The molecule has 2 aromatic heterocycles. The predicted molar refractivity (Wildman–Crippen MR) is 129 cm³/mol. The molecule has 194 valence electrons. The first kappa shape index (κ1) is 23.8. The van der Waals surface area contributed by atoms with E-state index < -0.39 is 23.2 Å². The number of benzene rings is 1. The van der Waals surface area contributed by atoms with Crippen molar-refractivity contribution in [3.63, 3.8) is 0 Å². The van der Waals surface area contributed by atoms with E-state index in [4.69, 9.17) is 10.5 Å². The second-order valence-corrected chi connectivity index (χ2v) is 10.0. The molecule has 8 nitrogen and oxygen atoms in total. The Bertz CT molecular complexity index is 1340. The van der Waals surface area contributed by atoms with Crippen LogP contribution in [-0.4, -0.2) is 45.4 Å². The summed E-state index contributed by atoms with van der Waals surface area (Å²) >= 11 is 0. The van der Waals surface area contributed by atoms with Gasteiger partial charge in [0.05, 0.1) is 42.2 Å². The summed E-state index contributed by atoms with van der Waals surface area (Å²) in [5.74, 6) is -0.572. The van der Waals surface area contributed by atoms with E-state index in [2.05, 4.69) is 15.4 Å². The number of halogens is 3. The molecule has 3 aliphatic rings. The molecule has 2 fully saturated rings. The normalized spacial score (nSPS) is 22.5. The van der Waals surface area contributed by atoms with Crippen LogP contribution in [0.25, 0.3) is 11.3 Å². The standard InChI is InChI=1S/C26H27F3N6O2/c27-26(28,29)19-13-17(15-31-22(19)30)20-14-21-25(37-12-11-35(21)33-20)9-10-34(16-25)23(36)32-24(7-4-8-24)18-5-2-1-3-6-18/h1-3,5-6,13-15H,4,7-12,16H2,(H2,30,31)(H,32,36). The van der Waals surface area contributed by atoms with Gasteiger partial charge >= 0.3 is 12.2 Å². The zero-order valence-electron chi connectivity index (χ0n) is 20.1. The van der Waals surface area contributed by atoms with Crippen LogP contribution < -0.4 is 11.1 Å². The van der Waals surface area contributed by atoms with E-state index in [0.29, 0.717) is 38.4 Å². The number of pyridine rings is 1. The van der Waals surface area contributed by atoms with Gasteiger partial charge in [-0.25, -0.2) is 9.78 Å². The molecule has 1 atom stereocenters. The van der Waals surface area contributed by atoms with Crippen LogP contribution in [0.2, 0.25) is 0 Å². The van der Waals surface area contributed by atoms with Crippen LogP contribution in [0.15, 0.2) is 48.7 Å². The summed E-state index contributed by atoms with van der Waals surface area (Å²) in [5, 5.41) is 7.83. The van der Waals surface area contributed by atoms with Gasteiger partial charge in [0.1, 0.15) is 11.4 Å². The summed E-state index contributed by atoms with van der Waals surface area (Å²) in [6.07, 6.45) is 0.0852. The summed E-state index contributed by atoms with van der Waals surface area (Å²) in [5.41, 5.74) is 5.79. The number of rotatable bonds is 3. The van der Waals surface area contributed by atoms with Crippen molar-refractivity contribution in [3.05, 3.63) is 65.5 Å². The Morgan fingerprint density at radius 1 is 1.11 bits per heavy atom. The Kier molecular flexibility index (Phi) is 5.45. The number of aromatic nitrogens is 3. The molecule has 3 N–H and O–H groups in total. The number of likely N-dealkylation sites (tertiary alicyclic amines) is 1. The van der Waals surface area contributed by atoms with Gasteiger partial charge < -0.3 is 20.7 Å². The average Bonchev–Trinajstić information content (AvgIpc) is 3.48. The van der Waals surface area contributed by atoms with Gasteiger partial charge in [0.2, 0.25) is 0 Å². The summed E-state index contributed by atoms with van der Waals surface area (Å²) in [4.78, 5) is 18.9. The van der Waals surface area contributed by atoms with Crippen LogP contribution in [-0.2, 0) is 28.6 Å². The van der Waals surface area contributed by atoms with Crippen molar-refractivity contribution in [2.75, 3.05) is 25.4 Å². The van der Waals surface area contributed by atoms with E-state index in [1.807, 2.05) is 30.3 Å². The molecule has 2 amide bonds. The van der Waals surface area contributed by atoms with Crippen LogP contribution >= 0.6 is 0 Å². The van der Waals surface area contributed by atoms with Crippen molar-refractivity contribution in [2.45, 2.75) is 49.5 Å². The van der Waals surface area contributed by atoms with Crippen molar-refractivity contribution >= 4 is 11.8 Å². The Hall–Kier alpha value is -3.60. The van der Waals surface area contributed by atoms with Gasteiger partial charge in [-0.15, -0.1) is 0 Å². The predicted octanol–water partition coefficient (Wildman–Crippen LogP) is 4.27. The molecule has 37 heavy (non-hydrogen) atoms. The fraction of sp³-hybridized carbons (Fsp3) is 0.423. The average molecular weight is 513 g/mol. The highest BCUT2D eigenvalue weighted by Gasteiger charge is 2.48. The van der Waals surface area contributed by atoms with Gasteiger partial charge in [-0.1, -0.05) is 30.3 Å². The molecule has 4 heterocycles. The molecule has 1 saturated heterocycles. The fourth-order valence-electron chi connectivity index (χ4n) is 5.68. The van der Waals surface area contributed by atoms with E-state index in [0.717, 1.165) is 36.6 Å². The van der Waals surface area contributed by atoms with Gasteiger partial charge in [-0.2, -0.15) is 18.3 Å². The van der Waals surface area contributed by atoms with Crippen LogP contribution in [0.5, 0.6) is 0 Å². The minimum atomic E-state index is -4.62. The number of fused-ring (bicyclic) bond motifs is 2. The summed E-state index contributed by atoms with van der Waals surface area (Å²) in [7, 11) is 0. The molecule has 1 aliphatic carbocycles. The maximum atomic E-state index is 13.4. The zero-order chi connectivity index (χ0) is 25.8. The molecule has 0 bridgehead atoms. The van der Waals surface area contributed by atoms with Gasteiger partial charge in [-0.05, 0) is 37.0 Å². The Morgan fingerprint density at radius 3 is 2.59 bits per heavy atom. The van der Waals surface area contributed by atoms with Crippen molar-refractivity contribution in [1.82, 2.24) is 25.0 Å². The molecule has 1 aromatic carbocycles. The van der Waals surface area contributed by atoms with Gasteiger partial charge in [0, 0.05) is 24.7 Å². The summed E-state index contributed by atoms with van der Waals surface area (Å²) in [6.45, 7) is 1.70. The summed E-state index contributed by atoms with van der Waals surface area (Å²) < 4.78 is 48.1. The third-order valence-corrected chi connectivity index (χ3v) is 7.85. The number of amides is 2. The Morgan fingerprint density at radius 2 is 1.89 bits per heavy atom. The number of nitrogens with zero attached hydrogens (tertiary/aromatic N) is 4. The molecule has 1 unspecified atom stereocenters. The highest BCUT2D eigenvalue weighted by Crippen LogP contribution is 2.43. The lowest BCUT2D eigenvalue weighted by molar-refractivity contribution is -0.137. The van der Waals surface area contributed by atoms with E-state index in [1.54, 1.807) is 15.6 Å². The topological polar surface area (TPSA) is 98.3 Å². The lowest BCUT2D eigenvalue weighted by Crippen LogP contribution is -2.55.